The first kappa shape index (κ1) is 23.4. The van der Waals surface area contributed by atoms with Crippen LogP contribution in [0.5, 0.6) is 0 Å². The molecule has 0 saturated carbocycles. The fourth-order valence-electron chi connectivity index (χ4n) is 3.78. The second kappa shape index (κ2) is 10.5. The Morgan fingerprint density at radius 3 is 2.45 bits per heavy atom. The molecule has 1 fully saturated rings. The molecule has 1 atom stereocenters. The van der Waals surface area contributed by atoms with Crippen LogP contribution in [0, 0.1) is 0 Å². The lowest BCUT2D eigenvalue weighted by molar-refractivity contribution is -0.137. The van der Waals surface area contributed by atoms with Crippen LogP contribution in [0.2, 0.25) is 0 Å². The highest BCUT2D eigenvalue weighted by atomic mass is 32.1. The lowest BCUT2D eigenvalue weighted by atomic mass is 10.0. The maximum absolute atomic E-state index is 12.8. The van der Waals surface area contributed by atoms with Crippen molar-refractivity contribution in [3.05, 3.63) is 76.8 Å². The van der Waals surface area contributed by atoms with Crippen molar-refractivity contribution < 1.29 is 22.7 Å². The largest absolute Gasteiger partial charge is 0.416 e. The summed E-state index contributed by atoms with van der Waals surface area (Å²) in [6.07, 6.45) is -4.26. The summed E-state index contributed by atoms with van der Waals surface area (Å²) in [5.41, 5.74) is 1.62. The molecule has 1 amide bonds. The van der Waals surface area contributed by atoms with Gasteiger partial charge in [-0.3, -0.25) is 9.69 Å². The third-order valence-electron chi connectivity index (χ3n) is 5.52. The lowest BCUT2D eigenvalue weighted by Gasteiger charge is -2.34. The molecule has 2 aromatic carbocycles. The average molecular weight is 476 g/mol. The molecule has 5 nitrogen and oxygen atoms in total. The Morgan fingerprint density at radius 2 is 1.79 bits per heavy atom. The summed E-state index contributed by atoms with van der Waals surface area (Å²) in [5.74, 6) is -0.145. The number of thiazole rings is 1. The van der Waals surface area contributed by atoms with E-state index in [2.05, 4.69) is 27.3 Å². The number of carbonyl (C=O) groups excluding carboxylic acids is 1. The number of carbonyl (C=O) groups is 1. The van der Waals surface area contributed by atoms with Crippen molar-refractivity contribution in [3.8, 4) is 10.6 Å². The molecule has 1 saturated heterocycles. The first-order valence-electron chi connectivity index (χ1n) is 10.7. The monoisotopic (exact) mass is 475 g/mol. The summed E-state index contributed by atoms with van der Waals surface area (Å²) >= 11 is 1.31. The number of ether oxygens (including phenoxy) is 1. The zero-order valence-corrected chi connectivity index (χ0v) is 18.7. The Labute approximate surface area is 194 Å². The summed E-state index contributed by atoms with van der Waals surface area (Å²) in [4.78, 5) is 19.4. The van der Waals surface area contributed by atoms with Crippen LogP contribution in [0.4, 0.5) is 13.2 Å². The van der Waals surface area contributed by atoms with E-state index >= 15 is 0 Å². The van der Waals surface area contributed by atoms with Crippen LogP contribution in [0.1, 0.15) is 22.9 Å². The van der Waals surface area contributed by atoms with Gasteiger partial charge in [-0.05, 0) is 17.7 Å². The Morgan fingerprint density at radius 1 is 1.09 bits per heavy atom. The number of hydrogen-bond acceptors (Lipinski definition) is 5. The Kier molecular flexibility index (Phi) is 7.42. The van der Waals surface area contributed by atoms with Crippen LogP contribution in [0.15, 0.2) is 60.0 Å². The second-order valence-corrected chi connectivity index (χ2v) is 8.63. The van der Waals surface area contributed by atoms with Crippen LogP contribution in [0.25, 0.3) is 10.6 Å². The zero-order chi connectivity index (χ0) is 23.3. The molecular formula is C24H24F3N3O2S. The molecule has 1 N–H and O–H groups in total. The minimum absolute atomic E-state index is 0.0530. The molecule has 1 aliphatic heterocycles. The molecule has 2 heterocycles. The molecule has 0 bridgehead atoms. The zero-order valence-electron chi connectivity index (χ0n) is 17.8. The van der Waals surface area contributed by atoms with E-state index in [4.69, 9.17) is 4.74 Å². The van der Waals surface area contributed by atoms with Crippen molar-refractivity contribution in [2.24, 2.45) is 0 Å². The SMILES string of the molecule is O=C(Cc1csc(-c2ccc(C(F)(F)F)cc2)n1)NCC(c1ccccc1)N1CCOCC1. The van der Waals surface area contributed by atoms with Crippen LogP contribution in [-0.2, 0) is 22.1 Å². The first-order chi connectivity index (χ1) is 15.9. The van der Waals surface area contributed by atoms with E-state index < -0.39 is 11.7 Å². The van der Waals surface area contributed by atoms with E-state index in [0.29, 0.717) is 36.0 Å². The molecule has 1 aliphatic rings. The van der Waals surface area contributed by atoms with Crippen LogP contribution in [0.3, 0.4) is 0 Å². The topological polar surface area (TPSA) is 54.5 Å². The van der Waals surface area contributed by atoms with Crippen molar-refractivity contribution in [2.45, 2.75) is 18.6 Å². The normalized spacial score (nSPS) is 15.8. The quantitative estimate of drug-likeness (QED) is 0.544. The number of rotatable bonds is 7. The van der Waals surface area contributed by atoms with Gasteiger partial charge in [-0.25, -0.2) is 4.98 Å². The summed E-state index contributed by atoms with van der Waals surface area (Å²) in [6, 6.07) is 15.0. The fraction of sp³-hybridized carbons (Fsp3) is 0.333. The highest BCUT2D eigenvalue weighted by Crippen LogP contribution is 2.31. The molecular weight excluding hydrogens is 451 g/mol. The van der Waals surface area contributed by atoms with Gasteiger partial charge in [-0.15, -0.1) is 11.3 Å². The van der Waals surface area contributed by atoms with Gasteiger partial charge in [0.05, 0.1) is 36.9 Å². The van der Waals surface area contributed by atoms with Gasteiger partial charge in [0, 0.05) is 30.6 Å². The Bertz CT molecular complexity index is 1050. The third kappa shape index (κ3) is 6.19. The first-order valence-corrected chi connectivity index (χ1v) is 11.5. The maximum atomic E-state index is 12.8. The molecule has 1 unspecified atom stereocenters. The van der Waals surface area contributed by atoms with Gasteiger partial charge in [0.1, 0.15) is 5.01 Å². The summed E-state index contributed by atoms with van der Waals surface area (Å²) < 4.78 is 43.7. The standard InChI is InChI=1S/C24H24F3N3O2S/c25-24(26,27)19-8-6-18(7-9-19)23-29-20(16-33-23)14-22(31)28-15-21(17-4-2-1-3-5-17)30-10-12-32-13-11-30/h1-9,16,21H,10-15H2,(H,28,31). The van der Waals surface area contributed by atoms with Gasteiger partial charge in [-0.1, -0.05) is 42.5 Å². The molecule has 0 spiro atoms. The summed E-state index contributed by atoms with van der Waals surface area (Å²) in [7, 11) is 0. The van der Waals surface area contributed by atoms with Crippen LogP contribution >= 0.6 is 11.3 Å². The van der Waals surface area contributed by atoms with Gasteiger partial charge in [-0.2, -0.15) is 13.2 Å². The Hall–Kier alpha value is -2.75. The van der Waals surface area contributed by atoms with Crippen molar-refractivity contribution >= 4 is 17.2 Å². The fourth-order valence-corrected chi connectivity index (χ4v) is 4.61. The highest BCUT2D eigenvalue weighted by Gasteiger charge is 2.30. The van der Waals surface area contributed by atoms with Gasteiger partial charge in [0.2, 0.25) is 5.91 Å². The summed E-state index contributed by atoms with van der Waals surface area (Å²) in [5, 5.41) is 5.37. The third-order valence-corrected chi connectivity index (χ3v) is 6.46. The van der Waals surface area contributed by atoms with Gasteiger partial charge < -0.3 is 10.1 Å². The summed E-state index contributed by atoms with van der Waals surface area (Å²) in [6.45, 7) is 3.42. The van der Waals surface area contributed by atoms with Gasteiger partial charge in [0.25, 0.3) is 0 Å². The van der Waals surface area contributed by atoms with E-state index in [1.807, 2.05) is 18.2 Å². The molecule has 0 radical (unpaired) electrons. The smallest absolute Gasteiger partial charge is 0.379 e. The number of halogens is 3. The van der Waals surface area contributed by atoms with E-state index in [1.165, 1.54) is 23.5 Å². The predicted molar refractivity (Wildman–Crippen MR) is 121 cm³/mol. The molecule has 33 heavy (non-hydrogen) atoms. The number of benzene rings is 2. The van der Waals surface area contributed by atoms with Crippen molar-refractivity contribution in [1.29, 1.82) is 0 Å². The minimum atomic E-state index is -4.37. The number of nitrogens with zero attached hydrogens (tertiary/aromatic N) is 2. The van der Waals surface area contributed by atoms with E-state index in [1.54, 1.807) is 5.38 Å². The van der Waals surface area contributed by atoms with Crippen LogP contribution < -0.4 is 5.32 Å². The number of morpholine rings is 1. The second-order valence-electron chi connectivity index (χ2n) is 7.77. The minimum Gasteiger partial charge on any atom is -0.379 e. The van der Waals surface area contributed by atoms with E-state index in [0.717, 1.165) is 30.8 Å². The maximum Gasteiger partial charge on any atom is 0.416 e. The van der Waals surface area contributed by atoms with Crippen LogP contribution in [-0.4, -0.2) is 48.6 Å². The Balaban J connectivity index is 1.37. The predicted octanol–water partition coefficient (Wildman–Crippen LogP) is 4.56. The van der Waals surface area contributed by atoms with Gasteiger partial charge in [0.15, 0.2) is 0 Å². The number of nitrogens with one attached hydrogen (secondary N) is 1. The molecule has 0 aliphatic carbocycles. The molecule has 9 heteroatoms. The van der Waals surface area contributed by atoms with Crippen molar-refractivity contribution in [1.82, 2.24) is 15.2 Å². The lowest BCUT2D eigenvalue weighted by Crippen LogP contribution is -2.44. The van der Waals surface area contributed by atoms with E-state index in [9.17, 15) is 18.0 Å². The van der Waals surface area contributed by atoms with Gasteiger partial charge >= 0.3 is 6.18 Å². The number of hydrogen-bond donors (Lipinski definition) is 1. The molecule has 1 aromatic heterocycles. The number of aromatic nitrogens is 1. The number of alkyl halides is 3. The molecule has 4 rings (SSSR count). The average Bonchev–Trinajstić information content (AvgIpc) is 3.28. The molecule has 174 valence electrons. The highest BCUT2D eigenvalue weighted by molar-refractivity contribution is 7.13. The van der Waals surface area contributed by atoms with Crippen molar-refractivity contribution in [2.75, 3.05) is 32.8 Å². The van der Waals surface area contributed by atoms with Crippen molar-refractivity contribution in [3.63, 3.8) is 0 Å². The van der Waals surface area contributed by atoms with E-state index in [-0.39, 0.29) is 18.4 Å². The molecule has 3 aromatic rings. The number of amides is 1.